The number of hydrogen-bond acceptors (Lipinski definition) is 5. The topological polar surface area (TPSA) is 76.1 Å². The van der Waals surface area contributed by atoms with E-state index in [4.69, 9.17) is 11.2 Å². The molecule has 1 heterocycles. The van der Waals surface area contributed by atoms with Crippen LogP contribution in [0.4, 0.5) is 5.82 Å². The van der Waals surface area contributed by atoms with Gasteiger partial charge in [-0.15, -0.1) is 6.42 Å². The first-order valence-electron chi connectivity index (χ1n) is 5.15. The van der Waals surface area contributed by atoms with Crippen molar-refractivity contribution >= 4 is 11.7 Å². The van der Waals surface area contributed by atoms with E-state index < -0.39 is 0 Å². The number of carbonyl (C=O) groups excluding carboxylic acids is 1. The number of nitrogens with one attached hydrogen (secondary N) is 2. The zero-order valence-electron chi connectivity index (χ0n) is 9.56. The quantitative estimate of drug-likeness (QED) is 0.679. The minimum absolute atomic E-state index is 0.0892. The first kappa shape index (κ1) is 12.8. The molecule has 0 aromatic carbocycles. The summed E-state index contributed by atoms with van der Waals surface area (Å²) < 4.78 is 5.18. The van der Waals surface area contributed by atoms with Crippen molar-refractivity contribution in [2.75, 3.05) is 25.0 Å². The van der Waals surface area contributed by atoms with Crippen molar-refractivity contribution in [1.82, 2.24) is 15.3 Å². The first-order valence-corrected chi connectivity index (χ1v) is 5.15. The predicted octanol–water partition coefficient (Wildman–Crippen LogP) is 0.0366. The van der Waals surface area contributed by atoms with Gasteiger partial charge in [0.15, 0.2) is 0 Å². The number of nitrogens with zero attached hydrogens (tertiary/aromatic N) is 2. The van der Waals surface area contributed by atoms with E-state index in [9.17, 15) is 4.79 Å². The molecule has 0 fully saturated rings. The monoisotopic (exact) mass is 234 g/mol. The molecule has 0 spiro atoms. The van der Waals surface area contributed by atoms with Crippen LogP contribution >= 0.6 is 0 Å². The number of carbonyl (C=O) groups is 1. The van der Waals surface area contributed by atoms with Crippen LogP contribution in [0.5, 0.6) is 5.88 Å². The lowest BCUT2D eigenvalue weighted by molar-refractivity contribution is -0.119. The molecular formula is C11H14N4O2. The number of ether oxygens (including phenoxy) is 1. The van der Waals surface area contributed by atoms with Crippen LogP contribution in [-0.4, -0.2) is 35.6 Å². The fourth-order valence-corrected chi connectivity index (χ4v) is 1.03. The number of amides is 1. The molecule has 0 unspecified atom stereocenters. The Morgan fingerprint density at radius 1 is 1.59 bits per heavy atom. The lowest BCUT2D eigenvalue weighted by Crippen LogP contribution is -2.30. The van der Waals surface area contributed by atoms with Crippen LogP contribution in [0.3, 0.4) is 0 Å². The fraction of sp³-hybridized carbons (Fsp3) is 0.364. The van der Waals surface area contributed by atoms with E-state index in [2.05, 4.69) is 26.5 Å². The molecular weight excluding hydrogens is 220 g/mol. The van der Waals surface area contributed by atoms with Crippen LogP contribution in [0, 0.1) is 12.3 Å². The Kier molecular flexibility index (Phi) is 5.31. The average molecular weight is 234 g/mol. The summed E-state index contributed by atoms with van der Waals surface area (Å²) in [6.07, 6.45) is 8.03. The van der Waals surface area contributed by atoms with Crippen LogP contribution in [-0.2, 0) is 4.79 Å². The summed E-state index contributed by atoms with van der Waals surface area (Å²) in [5.41, 5.74) is 0. The minimum atomic E-state index is -0.202. The lowest BCUT2D eigenvalue weighted by Gasteiger charge is -2.06. The van der Waals surface area contributed by atoms with Gasteiger partial charge in [0.25, 0.3) is 0 Å². The molecule has 0 radical (unpaired) electrons. The van der Waals surface area contributed by atoms with Gasteiger partial charge < -0.3 is 15.4 Å². The maximum absolute atomic E-state index is 11.2. The molecule has 90 valence electrons. The van der Waals surface area contributed by atoms with Gasteiger partial charge in [0, 0.05) is 0 Å². The Bertz CT molecular complexity index is 414. The van der Waals surface area contributed by atoms with E-state index >= 15 is 0 Å². The number of hydrogen-bond donors (Lipinski definition) is 2. The van der Waals surface area contributed by atoms with Gasteiger partial charge in [-0.2, -0.15) is 4.98 Å². The van der Waals surface area contributed by atoms with E-state index in [-0.39, 0.29) is 19.0 Å². The normalized spacial score (nSPS) is 9.18. The Morgan fingerprint density at radius 2 is 2.41 bits per heavy atom. The smallest absolute Gasteiger partial charge is 0.240 e. The van der Waals surface area contributed by atoms with Gasteiger partial charge in [0.1, 0.15) is 5.82 Å². The maximum Gasteiger partial charge on any atom is 0.240 e. The highest BCUT2D eigenvalue weighted by Gasteiger charge is 2.02. The third kappa shape index (κ3) is 4.84. The highest BCUT2D eigenvalue weighted by molar-refractivity contribution is 5.80. The van der Waals surface area contributed by atoms with Gasteiger partial charge in [-0.25, -0.2) is 0 Å². The van der Waals surface area contributed by atoms with E-state index in [1.165, 1.54) is 12.4 Å². The third-order valence-corrected chi connectivity index (χ3v) is 1.72. The van der Waals surface area contributed by atoms with E-state index in [0.717, 1.165) is 0 Å². The largest absolute Gasteiger partial charge is 0.477 e. The van der Waals surface area contributed by atoms with Crippen LogP contribution in [0.25, 0.3) is 0 Å². The van der Waals surface area contributed by atoms with Crippen molar-refractivity contribution in [2.45, 2.75) is 6.92 Å². The van der Waals surface area contributed by atoms with Crippen LogP contribution < -0.4 is 15.4 Å². The first-order chi connectivity index (χ1) is 8.26. The van der Waals surface area contributed by atoms with Crippen LogP contribution in [0.15, 0.2) is 12.4 Å². The molecule has 6 heteroatoms. The lowest BCUT2D eigenvalue weighted by atomic mass is 10.5. The summed E-state index contributed by atoms with van der Waals surface area (Å²) in [5.74, 6) is 3.01. The second-order valence-electron chi connectivity index (χ2n) is 3.01. The second kappa shape index (κ2) is 7.06. The average Bonchev–Trinajstić information content (AvgIpc) is 2.35. The van der Waals surface area contributed by atoms with Crippen molar-refractivity contribution < 1.29 is 9.53 Å². The third-order valence-electron chi connectivity index (χ3n) is 1.72. The van der Waals surface area contributed by atoms with E-state index in [1.54, 1.807) is 0 Å². The van der Waals surface area contributed by atoms with Crippen LogP contribution in [0.2, 0.25) is 0 Å². The Balaban J connectivity index is 2.43. The zero-order chi connectivity index (χ0) is 12.5. The molecule has 1 aromatic rings. The molecule has 0 saturated carbocycles. The zero-order valence-corrected chi connectivity index (χ0v) is 9.56. The summed E-state index contributed by atoms with van der Waals surface area (Å²) in [5, 5.41) is 5.34. The minimum Gasteiger partial charge on any atom is -0.477 e. The van der Waals surface area contributed by atoms with Gasteiger partial charge in [0.2, 0.25) is 11.8 Å². The molecule has 0 atom stereocenters. The molecule has 6 nitrogen and oxygen atoms in total. The molecule has 1 rings (SSSR count). The number of terminal acetylenes is 1. The van der Waals surface area contributed by atoms with Crippen molar-refractivity contribution in [3.8, 4) is 18.2 Å². The van der Waals surface area contributed by atoms with Crippen molar-refractivity contribution in [3.05, 3.63) is 12.4 Å². The summed E-state index contributed by atoms with van der Waals surface area (Å²) in [4.78, 5) is 19.3. The van der Waals surface area contributed by atoms with E-state index in [1.807, 2.05) is 6.92 Å². The summed E-state index contributed by atoms with van der Waals surface area (Å²) in [6, 6.07) is 0. The van der Waals surface area contributed by atoms with Gasteiger partial charge in [-0.3, -0.25) is 9.78 Å². The fourth-order valence-electron chi connectivity index (χ4n) is 1.03. The molecule has 0 bridgehead atoms. The number of aromatic nitrogens is 2. The highest BCUT2D eigenvalue weighted by Crippen LogP contribution is 2.08. The standard InChI is InChI=1S/C11H14N4O2/c1-3-5-13-10(16)7-14-9-6-12-8-11(15-9)17-4-2/h1,6,8H,4-5,7H2,2H3,(H,13,16)(H,14,15). The van der Waals surface area contributed by atoms with Gasteiger partial charge >= 0.3 is 0 Å². The van der Waals surface area contributed by atoms with E-state index in [0.29, 0.717) is 18.3 Å². The molecule has 1 amide bonds. The Hall–Kier alpha value is -2.29. The molecule has 17 heavy (non-hydrogen) atoms. The predicted molar refractivity (Wildman–Crippen MR) is 63.5 cm³/mol. The molecule has 0 aliphatic rings. The second-order valence-corrected chi connectivity index (χ2v) is 3.01. The van der Waals surface area contributed by atoms with Gasteiger partial charge in [0.05, 0.1) is 32.1 Å². The summed E-state index contributed by atoms with van der Waals surface area (Å²) in [6.45, 7) is 2.67. The Labute approximate surface area is 99.8 Å². The SMILES string of the molecule is C#CCNC(=O)CNc1cncc(OCC)n1. The Morgan fingerprint density at radius 3 is 3.12 bits per heavy atom. The van der Waals surface area contributed by atoms with Crippen molar-refractivity contribution in [3.63, 3.8) is 0 Å². The van der Waals surface area contributed by atoms with Gasteiger partial charge in [-0.05, 0) is 6.92 Å². The maximum atomic E-state index is 11.2. The molecule has 0 aliphatic heterocycles. The van der Waals surface area contributed by atoms with Crippen molar-refractivity contribution in [2.24, 2.45) is 0 Å². The molecule has 0 saturated heterocycles. The van der Waals surface area contributed by atoms with Crippen LogP contribution in [0.1, 0.15) is 6.92 Å². The molecule has 1 aromatic heterocycles. The number of anilines is 1. The van der Waals surface area contributed by atoms with Gasteiger partial charge in [-0.1, -0.05) is 5.92 Å². The van der Waals surface area contributed by atoms with Crippen molar-refractivity contribution in [1.29, 1.82) is 0 Å². The molecule has 2 N–H and O–H groups in total. The summed E-state index contributed by atoms with van der Waals surface area (Å²) in [7, 11) is 0. The summed E-state index contributed by atoms with van der Waals surface area (Å²) >= 11 is 0. The molecule has 0 aliphatic carbocycles. The number of rotatable bonds is 6. The highest BCUT2D eigenvalue weighted by atomic mass is 16.5.